The van der Waals surface area contributed by atoms with Gasteiger partial charge in [0.2, 0.25) is 0 Å². The van der Waals surface area contributed by atoms with Gasteiger partial charge in [-0.15, -0.1) is 0 Å². The monoisotopic (exact) mass is 155 g/mol. The van der Waals surface area contributed by atoms with Crippen molar-refractivity contribution in [2.75, 3.05) is 0 Å². The minimum Gasteiger partial charge on any atom is -0.260 e. The molecule has 2 aliphatic rings. The second kappa shape index (κ2) is 2.07. The van der Waals surface area contributed by atoms with Gasteiger partial charge in [-0.3, -0.25) is 4.98 Å². The summed E-state index contributed by atoms with van der Waals surface area (Å²) in [4.78, 5) is 4.39. The van der Waals surface area contributed by atoms with E-state index in [9.17, 15) is 0 Å². The molecule has 2 heterocycles. The molecule has 0 N–H and O–H groups in total. The summed E-state index contributed by atoms with van der Waals surface area (Å²) in [6, 6.07) is 8.54. The van der Waals surface area contributed by atoms with Gasteiger partial charge in [0.05, 0.1) is 0 Å². The normalized spacial score (nSPS) is 14.0. The number of pyridine rings is 1. The van der Waals surface area contributed by atoms with Gasteiger partial charge in [-0.1, -0.05) is 24.3 Å². The zero-order valence-corrected chi connectivity index (χ0v) is 6.75. The number of hydrogen-bond donors (Lipinski definition) is 0. The molecule has 2 bridgehead atoms. The summed E-state index contributed by atoms with van der Waals surface area (Å²) in [6.45, 7) is 0. The Hall–Kier alpha value is -1.37. The van der Waals surface area contributed by atoms with Crippen molar-refractivity contribution in [3.05, 3.63) is 41.7 Å². The predicted octanol–water partition coefficient (Wildman–Crippen LogP) is 2.33. The maximum absolute atomic E-state index is 4.39. The number of aromatic nitrogens is 1. The summed E-state index contributed by atoms with van der Waals surface area (Å²) in [7, 11) is 0. The van der Waals surface area contributed by atoms with Crippen molar-refractivity contribution >= 4 is 10.8 Å². The second-order valence-corrected chi connectivity index (χ2v) is 3.28. The van der Waals surface area contributed by atoms with Crippen LogP contribution in [0.3, 0.4) is 0 Å². The second-order valence-electron chi connectivity index (χ2n) is 3.28. The van der Waals surface area contributed by atoms with Crippen LogP contribution in [0.4, 0.5) is 0 Å². The van der Waals surface area contributed by atoms with E-state index < -0.39 is 0 Å². The first-order chi connectivity index (χ1) is 5.95. The fourth-order valence-corrected chi connectivity index (χ4v) is 1.96. The highest BCUT2D eigenvalue weighted by Crippen LogP contribution is 2.27. The van der Waals surface area contributed by atoms with Crippen LogP contribution in [0.25, 0.3) is 10.8 Å². The smallest absolute Gasteiger partial charge is 0.0485 e. The minimum atomic E-state index is 1.13. The van der Waals surface area contributed by atoms with Crippen molar-refractivity contribution in [1.29, 1.82) is 0 Å². The summed E-state index contributed by atoms with van der Waals surface area (Å²) >= 11 is 0. The molecule has 0 fully saturated rings. The van der Waals surface area contributed by atoms with E-state index in [0.717, 1.165) is 6.42 Å². The zero-order valence-electron chi connectivity index (χ0n) is 6.75. The van der Waals surface area contributed by atoms with E-state index in [-0.39, 0.29) is 0 Å². The van der Waals surface area contributed by atoms with Crippen LogP contribution >= 0.6 is 0 Å². The van der Waals surface area contributed by atoms with Gasteiger partial charge in [-0.25, -0.2) is 0 Å². The van der Waals surface area contributed by atoms with E-state index in [1.54, 1.807) is 0 Å². The minimum absolute atomic E-state index is 1.13. The van der Waals surface area contributed by atoms with Gasteiger partial charge >= 0.3 is 0 Å². The molecule has 0 atom stereocenters. The SMILES string of the molecule is c1ccc2c3ncc(c2c1)CC3. The van der Waals surface area contributed by atoms with Crippen molar-refractivity contribution in [1.82, 2.24) is 4.98 Å². The lowest BCUT2D eigenvalue weighted by molar-refractivity contribution is 0.879. The number of benzene rings is 1. The average Bonchev–Trinajstić information content (AvgIpc) is 2.20. The summed E-state index contributed by atoms with van der Waals surface area (Å²) in [5.41, 5.74) is 2.67. The van der Waals surface area contributed by atoms with Crippen LogP contribution in [0, 0.1) is 0 Å². The summed E-state index contributed by atoms with van der Waals surface area (Å²) in [5, 5.41) is 2.75. The molecule has 1 aromatic heterocycles. The topological polar surface area (TPSA) is 12.9 Å². The van der Waals surface area contributed by atoms with Crippen LogP contribution in [0.2, 0.25) is 0 Å². The third kappa shape index (κ3) is 0.658. The van der Waals surface area contributed by atoms with Crippen molar-refractivity contribution in [2.24, 2.45) is 0 Å². The molecule has 58 valence electrons. The van der Waals surface area contributed by atoms with Crippen molar-refractivity contribution in [3.63, 3.8) is 0 Å². The largest absolute Gasteiger partial charge is 0.260 e. The van der Waals surface area contributed by atoms with Gasteiger partial charge in [0.15, 0.2) is 0 Å². The molecule has 4 rings (SSSR count). The van der Waals surface area contributed by atoms with Crippen molar-refractivity contribution < 1.29 is 0 Å². The van der Waals surface area contributed by atoms with Crippen molar-refractivity contribution in [2.45, 2.75) is 12.8 Å². The molecule has 1 aliphatic carbocycles. The lowest BCUT2D eigenvalue weighted by atomic mass is 9.94. The van der Waals surface area contributed by atoms with Gasteiger partial charge in [0, 0.05) is 17.3 Å². The highest BCUT2D eigenvalue weighted by Gasteiger charge is 2.12. The van der Waals surface area contributed by atoms with Crippen LogP contribution in [-0.4, -0.2) is 4.98 Å². The zero-order chi connectivity index (χ0) is 7.97. The molecule has 1 aliphatic heterocycles. The lowest BCUT2D eigenvalue weighted by Crippen LogP contribution is -2.05. The van der Waals surface area contributed by atoms with Gasteiger partial charge < -0.3 is 0 Å². The van der Waals surface area contributed by atoms with Gasteiger partial charge in [0.25, 0.3) is 0 Å². The number of fused-ring (bicyclic) bond motifs is 2. The molecule has 2 aromatic rings. The molecule has 1 nitrogen and oxygen atoms in total. The summed E-state index contributed by atoms with van der Waals surface area (Å²) in [6.07, 6.45) is 4.32. The average molecular weight is 155 g/mol. The molecule has 12 heavy (non-hydrogen) atoms. The Kier molecular flexibility index (Phi) is 1.06. The molecule has 0 amide bonds. The van der Waals surface area contributed by atoms with E-state index in [1.807, 2.05) is 6.20 Å². The van der Waals surface area contributed by atoms with E-state index in [2.05, 4.69) is 29.2 Å². The third-order valence-electron chi connectivity index (χ3n) is 2.59. The number of nitrogens with zero attached hydrogens (tertiary/aromatic N) is 1. The fraction of sp³-hybridized carbons (Fsp3) is 0.182. The Morgan fingerprint density at radius 2 is 1.83 bits per heavy atom. The molecule has 0 spiro atoms. The molecule has 0 saturated heterocycles. The molecule has 0 unspecified atom stereocenters. The molecule has 1 aromatic carbocycles. The molecule has 0 radical (unpaired) electrons. The Balaban J connectivity index is 2.58. The van der Waals surface area contributed by atoms with Gasteiger partial charge in [-0.2, -0.15) is 0 Å². The van der Waals surface area contributed by atoms with Gasteiger partial charge in [-0.05, 0) is 23.8 Å². The van der Waals surface area contributed by atoms with Crippen LogP contribution in [0.15, 0.2) is 30.5 Å². The first kappa shape index (κ1) is 6.18. The third-order valence-corrected chi connectivity index (χ3v) is 2.59. The van der Waals surface area contributed by atoms with Gasteiger partial charge in [0.1, 0.15) is 0 Å². The van der Waals surface area contributed by atoms with Crippen LogP contribution < -0.4 is 0 Å². The highest BCUT2D eigenvalue weighted by atomic mass is 14.7. The Morgan fingerprint density at radius 3 is 2.50 bits per heavy atom. The number of hydrogen-bond acceptors (Lipinski definition) is 1. The standard InChI is InChI=1S/C11H9N/c1-2-4-10-9(3-1)8-5-6-11(10)12-7-8/h1-4,7H,5-6H2. The maximum atomic E-state index is 4.39. The highest BCUT2D eigenvalue weighted by molar-refractivity contribution is 5.88. The van der Waals surface area contributed by atoms with E-state index >= 15 is 0 Å². The summed E-state index contributed by atoms with van der Waals surface area (Å²) in [5.74, 6) is 0. The first-order valence-electron chi connectivity index (χ1n) is 4.30. The summed E-state index contributed by atoms with van der Waals surface area (Å²) < 4.78 is 0. The Labute approximate surface area is 71.1 Å². The molecular formula is C11H9N. The van der Waals surface area contributed by atoms with E-state index in [1.165, 1.54) is 28.5 Å². The molecule has 0 saturated carbocycles. The van der Waals surface area contributed by atoms with Crippen molar-refractivity contribution in [3.8, 4) is 0 Å². The first-order valence-corrected chi connectivity index (χ1v) is 4.30. The number of aryl methyl sites for hydroxylation is 2. The fourth-order valence-electron chi connectivity index (χ4n) is 1.96. The molecule has 1 heteroatoms. The molecular weight excluding hydrogens is 146 g/mol. The maximum Gasteiger partial charge on any atom is 0.0485 e. The Bertz CT molecular complexity index is 403. The van der Waals surface area contributed by atoms with E-state index in [4.69, 9.17) is 0 Å². The van der Waals surface area contributed by atoms with Crippen LogP contribution in [0.1, 0.15) is 11.3 Å². The number of rotatable bonds is 0. The Morgan fingerprint density at radius 1 is 1.00 bits per heavy atom. The van der Waals surface area contributed by atoms with E-state index in [0.29, 0.717) is 0 Å². The quantitative estimate of drug-likeness (QED) is 0.569. The van der Waals surface area contributed by atoms with Crippen LogP contribution in [0.5, 0.6) is 0 Å². The van der Waals surface area contributed by atoms with Crippen LogP contribution in [-0.2, 0) is 12.8 Å². The predicted molar refractivity (Wildman–Crippen MR) is 49.2 cm³/mol. The lowest BCUT2D eigenvalue weighted by Gasteiger charge is -2.15.